The fourth-order valence-electron chi connectivity index (χ4n) is 3.29. The van der Waals surface area contributed by atoms with E-state index in [0.717, 1.165) is 32.6 Å². The summed E-state index contributed by atoms with van der Waals surface area (Å²) >= 11 is 0. The quantitative estimate of drug-likeness (QED) is 0.810. The largest absolute Gasteiger partial charge is 0.480 e. The third-order valence-corrected chi connectivity index (χ3v) is 4.59. The van der Waals surface area contributed by atoms with Crippen molar-refractivity contribution in [3.8, 4) is 0 Å². The second-order valence-electron chi connectivity index (χ2n) is 6.96. The molecule has 1 unspecified atom stereocenters. The molecule has 0 saturated carbocycles. The summed E-state index contributed by atoms with van der Waals surface area (Å²) in [6.07, 6.45) is 1.36. The summed E-state index contributed by atoms with van der Waals surface area (Å²) in [6, 6.07) is -0.635. The molecule has 2 aliphatic heterocycles. The van der Waals surface area contributed by atoms with E-state index in [4.69, 9.17) is 0 Å². The lowest BCUT2D eigenvalue weighted by molar-refractivity contribution is -0.152. The van der Waals surface area contributed by atoms with Crippen molar-refractivity contribution in [3.63, 3.8) is 0 Å². The van der Waals surface area contributed by atoms with Crippen LogP contribution in [0, 0.1) is 5.41 Å². The number of rotatable bonds is 4. The minimum Gasteiger partial charge on any atom is -0.480 e. The van der Waals surface area contributed by atoms with E-state index in [1.807, 2.05) is 13.8 Å². The summed E-state index contributed by atoms with van der Waals surface area (Å²) < 4.78 is 0. The number of hydrogen-bond acceptors (Lipinski definition) is 4. The van der Waals surface area contributed by atoms with Crippen LogP contribution in [0.25, 0.3) is 0 Å². The van der Waals surface area contributed by atoms with Crippen LogP contribution in [0.15, 0.2) is 0 Å². The van der Waals surface area contributed by atoms with E-state index in [2.05, 4.69) is 16.8 Å². The maximum absolute atomic E-state index is 12.7. The van der Waals surface area contributed by atoms with Gasteiger partial charge in [-0.1, -0.05) is 0 Å². The standard InChI is InChI=1S/C15H27N3O3/c1-15(2,11-17-9-7-16(3)8-10-17)14(21)18-6-4-5-12(18)13(19)20/h12H,4-11H2,1-3H3,(H,19,20). The summed E-state index contributed by atoms with van der Waals surface area (Å²) in [5, 5.41) is 9.24. The van der Waals surface area contributed by atoms with Crippen LogP contribution in [0.2, 0.25) is 0 Å². The molecule has 0 aliphatic carbocycles. The van der Waals surface area contributed by atoms with Gasteiger partial charge in [-0.05, 0) is 33.7 Å². The lowest BCUT2D eigenvalue weighted by Gasteiger charge is -2.39. The second-order valence-corrected chi connectivity index (χ2v) is 6.96. The minimum atomic E-state index is -0.878. The van der Waals surface area contributed by atoms with Gasteiger partial charge in [-0.15, -0.1) is 0 Å². The fraction of sp³-hybridized carbons (Fsp3) is 0.867. The molecule has 120 valence electrons. The molecule has 0 spiro atoms. The number of carboxylic acids is 1. The highest BCUT2D eigenvalue weighted by Crippen LogP contribution is 2.27. The molecule has 6 heteroatoms. The van der Waals surface area contributed by atoms with Gasteiger partial charge in [0.1, 0.15) is 6.04 Å². The number of amides is 1. The molecule has 0 aromatic rings. The van der Waals surface area contributed by atoms with E-state index in [1.165, 1.54) is 0 Å². The van der Waals surface area contributed by atoms with Crippen molar-refractivity contribution < 1.29 is 14.7 Å². The lowest BCUT2D eigenvalue weighted by Crippen LogP contribution is -2.53. The molecule has 1 N–H and O–H groups in total. The highest BCUT2D eigenvalue weighted by atomic mass is 16.4. The van der Waals surface area contributed by atoms with Crippen molar-refractivity contribution in [3.05, 3.63) is 0 Å². The van der Waals surface area contributed by atoms with E-state index in [9.17, 15) is 14.7 Å². The maximum Gasteiger partial charge on any atom is 0.326 e. The van der Waals surface area contributed by atoms with Crippen LogP contribution in [0.4, 0.5) is 0 Å². The van der Waals surface area contributed by atoms with Crippen molar-refractivity contribution >= 4 is 11.9 Å². The zero-order valence-corrected chi connectivity index (χ0v) is 13.3. The number of likely N-dealkylation sites (N-methyl/N-ethyl adjacent to an activating group) is 1. The third-order valence-electron chi connectivity index (χ3n) is 4.59. The van der Waals surface area contributed by atoms with Gasteiger partial charge >= 0.3 is 5.97 Å². The first-order chi connectivity index (χ1) is 9.81. The smallest absolute Gasteiger partial charge is 0.326 e. The topological polar surface area (TPSA) is 64.1 Å². The van der Waals surface area contributed by atoms with Gasteiger partial charge in [0.2, 0.25) is 5.91 Å². The summed E-state index contributed by atoms with van der Waals surface area (Å²) in [7, 11) is 2.11. The Hall–Kier alpha value is -1.14. The van der Waals surface area contributed by atoms with Crippen LogP contribution in [0.3, 0.4) is 0 Å². The van der Waals surface area contributed by atoms with Crippen LogP contribution in [-0.4, -0.2) is 84.0 Å². The first-order valence-corrected chi connectivity index (χ1v) is 7.76. The van der Waals surface area contributed by atoms with Crippen LogP contribution in [0.5, 0.6) is 0 Å². The Balaban J connectivity index is 1.98. The number of likely N-dealkylation sites (tertiary alicyclic amines) is 1. The lowest BCUT2D eigenvalue weighted by atomic mass is 9.90. The van der Waals surface area contributed by atoms with Gasteiger partial charge in [0.25, 0.3) is 0 Å². The molecule has 2 heterocycles. The van der Waals surface area contributed by atoms with Gasteiger partial charge in [0, 0.05) is 39.3 Å². The molecule has 2 aliphatic rings. The minimum absolute atomic E-state index is 0.0219. The summed E-state index contributed by atoms with van der Waals surface area (Å²) in [5.74, 6) is -0.900. The molecule has 0 bridgehead atoms. The van der Waals surface area contributed by atoms with Crippen molar-refractivity contribution in [2.45, 2.75) is 32.7 Å². The first kappa shape index (κ1) is 16.2. The number of carboxylic acid groups (broad SMARTS) is 1. The molecule has 2 fully saturated rings. The van der Waals surface area contributed by atoms with Crippen molar-refractivity contribution in [2.24, 2.45) is 5.41 Å². The summed E-state index contributed by atoms with van der Waals surface area (Å²) in [4.78, 5) is 30.2. The van der Waals surface area contributed by atoms with Crippen LogP contribution < -0.4 is 0 Å². The average molecular weight is 297 g/mol. The van der Waals surface area contributed by atoms with E-state index in [-0.39, 0.29) is 5.91 Å². The number of piperazine rings is 1. The molecular formula is C15H27N3O3. The van der Waals surface area contributed by atoms with Gasteiger partial charge in [-0.2, -0.15) is 0 Å². The Labute approximate surface area is 126 Å². The predicted molar refractivity (Wildman–Crippen MR) is 80.1 cm³/mol. The van der Waals surface area contributed by atoms with Crippen molar-refractivity contribution in [1.29, 1.82) is 0 Å². The molecule has 2 rings (SSSR count). The van der Waals surface area contributed by atoms with Crippen LogP contribution in [0.1, 0.15) is 26.7 Å². The first-order valence-electron chi connectivity index (χ1n) is 7.76. The Bertz CT molecular complexity index is 403. The van der Waals surface area contributed by atoms with Gasteiger partial charge in [0.05, 0.1) is 5.41 Å². The molecule has 0 radical (unpaired) electrons. The molecule has 2 saturated heterocycles. The molecule has 1 atom stereocenters. The summed E-state index contributed by atoms with van der Waals surface area (Å²) in [5.41, 5.74) is -0.534. The number of aliphatic carboxylic acids is 1. The number of carbonyl (C=O) groups excluding carboxylic acids is 1. The normalized spacial score (nSPS) is 25.3. The SMILES string of the molecule is CN1CCN(CC(C)(C)C(=O)N2CCCC2C(=O)O)CC1. The zero-order valence-electron chi connectivity index (χ0n) is 13.3. The average Bonchev–Trinajstić information content (AvgIpc) is 2.89. The second kappa shape index (κ2) is 6.32. The Kier molecular flexibility index (Phi) is 4.88. The van der Waals surface area contributed by atoms with Gasteiger partial charge < -0.3 is 14.9 Å². The predicted octanol–water partition coefficient (Wildman–Crippen LogP) is 0.336. The van der Waals surface area contributed by atoms with E-state index >= 15 is 0 Å². The Morgan fingerprint density at radius 1 is 1.14 bits per heavy atom. The monoisotopic (exact) mass is 297 g/mol. The molecule has 1 amide bonds. The maximum atomic E-state index is 12.7. The molecule has 0 aromatic carbocycles. The number of nitrogens with zero attached hydrogens (tertiary/aromatic N) is 3. The van der Waals surface area contributed by atoms with Crippen LogP contribution in [-0.2, 0) is 9.59 Å². The molecule has 0 aromatic heterocycles. The highest BCUT2D eigenvalue weighted by molar-refractivity contribution is 5.87. The summed E-state index contributed by atoms with van der Waals surface area (Å²) in [6.45, 7) is 9.11. The zero-order chi connectivity index (χ0) is 15.6. The van der Waals surface area contributed by atoms with Crippen molar-refractivity contribution in [2.75, 3.05) is 46.3 Å². The van der Waals surface area contributed by atoms with Gasteiger partial charge in [-0.25, -0.2) is 4.79 Å². The number of hydrogen-bond donors (Lipinski definition) is 1. The third kappa shape index (κ3) is 3.74. The molecule has 6 nitrogen and oxygen atoms in total. The van der Waals surface area contributed by atoms with Gasteiger partial charge in [-0.3, -0.25) is 9.69 Å². The highest BCUT2D eigenvalue weighted by Gasteiger charge is 2.41. The van der Waals surface area contributed by atoms with Gasteiger partial charge in [0.15, 0.2) is 0 Å². The molecule has 21 heavy (non-hydrogen) atoms. The van der Waals surface area contributed by atoms with Crippen LogP contribution >= 0.6 is 0 Å². The molecular weight excluding hydrogens is 270 g/mol. The van der Waals surface area contributed by atoms with E-state index in [1.54, 1.807) is 4.90 Å². The Morgan fingerprint density at radius 2 is 1.76 bits per heavy atom. The van der Waals surface area contributed by atoms with E-state index in [0.29, 0.717) is 19.5 Å². The fourth-order valence-corrected chi connectivity index (χ4v) is 3.29. The number of carbonyl (C=O) groups is 2. The van der Waals surface area contributed by atoms with E-state index < -0.39 is 17.4 Å². The Morgan fingerprint density at radius 3 is 2.33 bits per heavy atom. The van der Waals surface area contributed by atoms with Crippen molar-refractivity contribution in [1.82, 2.24) is 14.7 Å².